The summed E-state index contributed by atoms with van der Waals surface area (Å²) < 4.78 is 26.1. The fraction of sp³-hybridized carbons (Fsp3) is 0. The Morgan fingerprint density at radius 1 is 0.957 bits per heavy atom. The molecule has 0 aliphatic rings. The van der Waals surface area contributed by atoms with Gasteiger partial charge in [0.25, 0.3) is 5.69 Å². The van der Waals surface area contributed by atoms with Crippen LogP contribution in [0.2, 0.25) is 0 Å². The van der Waals surface area contributed by atoms with Crippen molar-refractivity contribution in [3.63, 3.8) is 0 Å². The highest BCUT2D eigenvalue weighted by Gasteiger charge is 2.16. The molecule has 2 aromatic rings. The van der Waals surface area contributed by atoms with Gasteiger partial charge in [0.15, 0.2) is 0 Å². The quantitative estimate of drug-likeness (QED) is 0.515. The minimum Gasteiger partial charge on any atom is -0.318 e. The maximum atomic E-state index is 13.4. The molecule has 2 N–H and O–H groups in total. The number of benzene rings is 2. The van der Waals surface area contributed by atoms with Crippen molar-refractivity contribution in [2.75, 3.05) is 10.6 Å². The van der Waals surface area contributed by atoms with Crippen LogP contribution in [0.4, 0.5) is 25.8 Å². The maximum absolute atomic E-state index is 13.4. The van der Waals surface area contributed by atoms with E-state index in [2.05, 4.69) is 5.32 Å². The molecule has 118 valence electrons. The van der Waals surface area contributed by atoms with E-state index in [4.69, 9.17) is 0 Å². The summed E-state index contributed by atoms with van der Waals surface area (Å²) in [4.78, 5) is 33.2. The number of halogens is 2. The molecular formula is C14H9F2N3O4. The Morgan fingerprint density at radius 2 is 1.57 bits per heavy atom. The van der Waals surface area contributed by atoms with E-state index in [0.717, 1.165) is 24.3 Å². The molecule has 0 saturated carbocycles. The lowest BCUT2D eigenvalue weighted by molar-refractivity contribution is -0.384. The second-order valence-electron chi connectivity index (χ2n) is 4.34. The lowest BCUT2D eigenvalue weighted by Gasteiger charge is -2.07. The van der Waals surface area contributed by atoms with Crippen molar-refractivity contribution in [3.8, 4) is 0 Å². The van der Waals surface area contributed by atoms with E-state index in [1.807, 2.05) is 5.32 Å². The number of anilines is 2. The highest BCUT2D eigenvalue weighted by Crippen LogP contribution is 2.17. The van der Waals surface area contributed by atoms with Crippen molar-refractivity contribution in [1.29, 1.82) is 0 Å². The van der Waals surface area contributed by atoms with Crippen molar-refractivity contribution < 1.29 is 23.3 Å². The number of nitro groups is 1. The van der Waals surface area contributed by atoms with E-state index < -0.39 is 28.4 Å². The van der Waals surface area contributed by atoms with E-state index in [-0.39, 0.29) is 17.1 Å². The standard InChI is InChI=1S/C14H9F2N3O4/c15-8-1-6-12(11(16)7-8)18-14(21)13(20)17-9-2-4-10(5-3-9)19(22)23/h1-7H,(H,17,20)(H,18,21). The molecule has 0 saturated heterocycles. The molecule has 0 fully saturated rings. The molecule has 9 heteroatoms. The van der Waals surface area contributed by atoms with Gasteiger partial charge in [0.05, 0.1) is 10.6 Å². The SMILES string of the molecule is O=C(Nc1ccc([N+](=O)[O-])cc1)C(=O)Nc1ccc(F)cc1F. The van der Waals surface area contributed by atoms with Crippen molar-refractivity contribution >= 4 is 28.9 Å². The Labute approximate surface area is 128 Å². The van der Waals surface area contributed by atoms with Crippen molar-refractivity contribution in [3.05, 3.63) is 64.2 Å². The first-order valence-corrected chi connectivity index (χ1v) is 6.18. The summed E-state index contributed by atoms with van der Waals surface area (Å²) in [5.74, 6) is -4.13. The topological polar surface area (TPSA) is 101 Å². The monoisotopic (exact) mass is 321 g/mol. The van der Waals surface area contributed by atoms with E-state index >= 15 is 0 Å². The van der Waals surface area contributed by atoms with Crippen LogP contribution in [0.3, 0.4) is 0 Å². The van der Waals surface area contributed by atoms with Gasteiger partial charge in [0.1, 0.15) is 11.6 Å². The number of nitro benzene ring substituents is 1. The van der Waals surface area contributed by atoms with Crippen LogP contribution in [0.5, 0.6) is 0 Å². The first kappa shape index (κ1) is 16.0. The molecule has 2 aromatic carbocycles. The molecule has 0 radical (unpaired) electrons. The predicted molar refractivity (Wildman–Crippen MR) is 76.7 cm³/mol. The molecule has 2 amide bonds. The third kappa shape index (κ3) is 4.06. The Balaban J connectivity index is 2.02. The largest absolute Gasteiger partial charge is 0.318 e. The molecule has 0 spiro atoms. The maximum Gasteiger partial charge on any atom is 0.314 e. The lowest BCUT2D eigenvalue weighted by Crippen LogP contribution is -2.29. The number of amides is 2. The van der Waals surface area contributed by atoms with Crippen molar-refractivity contribution in [1.82, 2.24) is 0 Å². The van der Waals surface area contributed by atoms with Gasteiger partial charge in [-0.25, -0.2) is 8.78 Å². The smallest absolute Gasteiger partial charge is 0.314 e. The second kappa shape index (κ2) is 6.60. The van der Waals surface area contributed by atoms with Crippen LogP contribution >= 0.6 is 0 Å². The summed E-state index contributed by atoms with van der Waals surface area (Å²) >= 11 is 0. The third-order valence-electron chi connectivity index (χ3n) is 2.72. The minimum atomic E-state index is -1.17. The number of hydrogen-bond acceptors (Lipinski definition) is 4. The van der Waals surface area contributed by atoms with Crippen LogP contribution in [0.25, 0.3) is 0 Å². The molecule has 2 rings (SSSR count). The summed E-state index contributed by atoms with van der Waals surface area (Å²) in [5, 5.41) is 14.7. The lowest BCUT2D eigenvalue weighted by atomic mass is 10.2. The van der Waals surface area contributed by atoms with E-state index in [9.17, 15) is 28.5 Å². The normalized spacial score (nSPS) is 10.0. The Hall–Kier alpha value is -3.36. The van der Waals surface area contributed by atoms with Crippen molar-refractivity contribution in [2.24, 2.45) is 0 Å². The fourth-order valence-corrected chi connectivity index (χ4v) is 1.62. The molecule has 0 aliphatic heterocycles. The second-order valence-corrected chi connectivity index (χ2v) is 4.34. The summed E-state index contributed by atoms with van der Waals surface area (Å²) in [6, 6.07) is 7.22. The zero-order valence-corrected chi connectivity index (χ0v) is 11.4. The van der Waals surface area contributed by atoms with Crippen LogP contribution in [0.1, 0.15) is 0 Å². The van der Waals surface area contributed by atoms with Crippen LogP contribution < -0.4 is 10.6 Å². The number of nitrogens with one attached hydrogen (secondary N) is 2. The summed E-state index contributed by atoms with van der Waals surface area (Å²) in [7, 11) is 0. The van der Waals surface area contributed by atoms with Gasteiger partial charge in [0.2, 0.25) is 0 Å². The van der Waals surface area contributed by atoms with E-state index in [1.54, 1.807) is 0 Å². The molecular weight excluding hydrogens is 312 g/mol. The van der Waals surface area contributed by atoms with Crippen LogP contribution in [0, 0.1) is 21.7 Å². The first-order chi connectivity index (χ1) is 10.9. The van der Waals surface area contributed by atoms with Gasteiger partial charge >= 0.3 is 11.8 Å². The predicted octanol–water partition coefficient (Wildman–Crippen LogP) is 2.45. The van der Waals surface area contributed by atoms with Gasteiger partial charge in [0, 0.05) is 23.9 Å². The summed E-state index contributed by atoms with van der Waals surface area (Å²) in [5.41, 5.74) is -0.383. The van der Waals surface area contributed by atoms with Gasteiger partial charge in [-0.15, -0.1) is 0 Å². The Bertz CT molecular complexity index is 778. The third-order valence-corrected chi connectivity index (χ3v) is 2.72. The Morgan fingerprint density at radius 3 is 2.13 bits per heavy atom. The number of non-ortho nitro benzene ring substituents is 1. The molecule has 0 aliphatic carbocycles. The number of carbonyl (C=O) groups is 2. The first-order valence-electron chi connectivity index (χ1n) is 6.18. The summed E-state index contributed by atoms with van der Waals surface area (Å²) in [6.45, 7) is 0. The summed E-state index contributed by atoms with van der Waals surface area (Å²) in [6.07, 6.45) is 0. The van der Waals surface area contributed by atoms with E-state index in [1.165, 1.54) is 12.1 Å². The zero-order chi connectivity index (χ0) is 17.0. The molecule has 0 atom stereocenters. The number of hydrogen-bond donors (Lipinski definition) is 2. The van der Waals surface area contributed by atoms with E-state index in [0.29, 0.717) is 6.07 Å². The number of carbonyl (C=O) groups excluding carboxylic acids is 2. The molecule has 0 heterocycles. The van der Waals surface area contributed by atoms with Crippen molar-refractivity contribution in [2.45, 2.75) is 0 Å². The molecule has 7 nitrogen and oxygen atoms in total. The molecule has 0 aromatic heterocycles. The van der Waals surface area contributed by atoms with Gasteiger partial charge in [-0.05, 0) is 24.3 Å². The zero-order valence-electron chi connectivity index (χ0n) is 11.4. The van der Waals surface area contributed by atoms with Crippen LogP contribution in [-0.4, -0.2) is 16.7 Å². The van der Waals surface area contributed by atoms with Gasteiger partial charge in [-0.3, -0.25) is 19.7 Å². The Kier molecular flexibility index (Phi) is 4.60. The fourth-order valence-electron chi connectivity index (χ4n) is 1.62. The average molecular weight is 321 g/mol. The molecule has 0 bridgehead atoms. The minimum absolute atomic E-state index is 0.148. The van der Waals surface area contributed by atoms with Gasteiger partial charge in [-0.2, -0.15) is 0 Å². The number of nitrogens with zero attached hydrogens (tertiary/aromatic N) is 1. The highest BCUT2D eigenvalue weighted by atomic mass is 19.1. The highest BCUT2D eigenvalue weighted by molar-refractivity contribution is 6.43. The van der Waals surface area contributed by atoms with Gasteiger partial charge < -0.3 is 10.6 Å². The molecule has 0 unspecified atom stereocenters. The average Bonchev–Trinajstić information content (AvgIpc) is 2.50. The van der Waals surface area contributed by atoms with Crippen LogP contribution in [0.15, 0.2) is 42.5 Å². The number of rotatable bonds is 3. The van der Waals surface area contributed by atoms with Gasteiger partial charge in [-0.1, -0.05) is 0 Å². The molecule has 23 heavy (non-hydrogen) atoms. The van der Waals surface area contributed by atoms with Crippen LogP contribution in [-0.2, 0) is 9.59 Å².